The van der Waals surface area contributed by atoms with Crippen LogP contribution in [0.15, 0.2) is 77.6 Å². The Bertz CT molecular complexity index is 1680. The number of benzene rings is 3. The molecule has 0 fully saturated rings. The number of rotatable bonds is 6. The number of imidazole rings is 1. The second-order valence-corrected chi connectivity index (χ2v) is 8.95. The fraction of sp³-hybridized carbons (Fsp3) is 0.138. The summed E-state index contributed by atoms with van der Waals surface area (Å²) < 4.78 is 5.44. The largest absolute Gasteiger partial charge is 0.507 e. The number of phenolic OH excluding ortho intramolecular Hbond substituents is 1. The van der Waals surface area contributed by atoms with E-state index in [2.05, 4.69) is 25.3 Å². The van der Waals surface area contributed by atoms with Gasteiger partial charge in [-0.2, -0.15) is 0 Å². The number of methoxy groups -OCH3 is 1. The van der Waals surface area contributed by atoms with Crippen LogP contribution in [0.2, 0.25) is 0 Å². The van der Waals surface area contributed by atoms with Gasteiger partial charge in [-0.25, -0.2) is 9.98 Å². The Kier molecular flexibility index (Phi) is 5.69. The molecule has 184 valence electrons. The summed E-state index contributed by atoms with van der Waals surface area (Å²) in [7, 11) is 1.60. The molecule has 1 aliphatic heterocycles. The van der Waals surface area contributed by atoms with Crippen molar-refractivity contribution in [1.29, 1.82) is 0 Å². The Morgan fingerprint density at radius 1 is 1.05 bits per heavy atom. The Morgan fingerprint density at radius 3 is 2.81 bits per heavy atom. The van der Waals surface area contributed by atoms with Gasteiger partial charge in [-0.3, -0.25) is 4.79 Å². The number of aromatic nitrogens is 3. The number of hydrogen-bond acceptors (Lipinski definition) is 5. The average molecular weight is 492 g/mol. The van der Waals surface area contributed by atoms with Crippen LogP contribution in [0.1, 0.15) is 34.5 Å². The first-order chi connectivity index (χ1) is 18.1. The lowest BCUT2D eigenvalue weighted by Gasteiger charge is -2.15. The van der Waals surface area contributed by atoms with Crippen molar-refractivity contribution in [3.8, 4) is 17.1 Å². The number of carbonyl (C=O) groups excluding carboxylic acids is 1. The van der Waals surface area contributed by atoms with Crippen molar-refractivity contribution in [2.45, 2.75) is 19.4 Å². The number of fused-ring (bicyclic) bond motifs is 2. The summed E-state index contributed by atoms with van der Waals surface area (Å²) in [6.45, 7) is 0.393. The van der Waals surface area contributed by atoms with Gasteiger partial charge in [0.25, 0.3) is 5.91 Å². The van der Waals surface area contributed by atoms with Crippen LogP contribution >= 0.6 is 0 Å². The number of para-hydroxylation sites is 1. The van der Waals surface area contributed by atoms with E-state index in [4.69, 9.17) is 4.74 Å². The highest BCUT2D eigenvalue weighted by Gasteiger charge is 2.17. The molecule has 1 aliphatic rings. The zero-order chi connectivity index (χ0) is 25.4. The molecule has 1 amide bonds. The maximum absolute atomic E-state index is 12.9. The molecule has 0 aliphatic carbocycles. The SMILES string of the molecule is COC1=C(c2ccc(O)c(-c3nc4ccc(C(=O)NCc5cc6ccccc6[nH]5)cc4[nH]3)c2)CCC=N1. The third-order valence-electron chi connectivity index (χ3n) is 6.55. The molecule has 0 saturated heterocycles. The number of nitrogens with one attached hydrogen (secondary N) is 3. The van der Waals surface area contributed by atoms with Gasteiger partial charge in [0.2, 0.25) is 5.88 Å². The Balaban J connectivity index is 1.25. The Hall–Kier alpha value is -4.85. The van der Waals surface area contributed by atoms with E-state index in [1.165, 1.54) is 0 Å². The molecule has 8 heteroatoms. The maximum Gasteiger partial charge on any atom is 0.251 e. The van der Waals surface area contributed by atoms with Crippen LogP contribution in [0.5, 0.6) is 5.75 Å². The topological polar surface area (TPSA) is 115 Å². The van der Waals surface area contributed by atoms with Gasteiger partial charge in [0, 0.05) is 28.6 Å². The van der Waals surface area contributed by atoms with Crippen LogP contribution in [-0.4, -0.2) is 39.3 Å². The molecule has 37 heavy (non-hydrogen) atoms. The lowest BCUT2D eigenvalue weighted by atomic mass is 9.98. The van der Waals surface area contributed by atoms with Crippen LogP contribution in [0, 0.1) is 0 Å². The molecule has 8 nitrogen and oxygen atoms in total. The monoisotopic (exact) mass is 491 g/mol. The van der Waals surface area contributed by atoms with E-state index in [0.29, 0.717) is 40.4 Å². The van der Waals surface area contributed by atoms with E-state index < -0.39 is 0 Å². The average Bonchev–Trinajstić information content (AvgIpc) is 3.55. The second-order valence-electron chi connectivity index (χ2n) is 8.95. The normalized spacial score (nSPS) is 13.4. The molecule has 6 rings (SSSR count). The molecule has 0 atom stereocenters. The van der Waals surface area contributed by atoms with Crippen molar-refractivity contribution >= 4 is 39.6 Å². The highest BCUT2D eigenvalue weighted by Crippen LogP contribution is 2.35. The smallest absolute Gasteiger partial charge is 0.251 e. The summed E-state index contributed by atoms with van der Waals surface area (Å²) in [5, 5.41) is 14.7. The predicted octanol–water partition coefficient (Wildman–Crippen LogP) is 5.53. The van der Waals surface area contributed by atoms with Crippen molar-refractivity contribution in [2.24, 2.45) is 4.99 Å². The molecule has 2 aromatic heterocycles. The molecule has 3 aromatic carbocycles. The first-order valence-electron chi connectivity index (χ1n) is 12.1. The zero-order valence-corrected chi connectivity index (χ0v) is 20.2. The molecular weight excluding hydrogens is 466 g/mol. The van der Waals surface area contributed by atoms with E-state index >= 15 is 0 Å². The molecule has 0 spiro atoms. The van der Waals surface area contributed by atoms with Crippen molar-refractivity contribution in [3.05, 3.63) is 89.4 Å². The van der Waals surface area contributed by atoms with Crippen LogP contribution in [0.4, 0.5) is 0 Å². The van der Waals surface area contributed by atoms with E-state index in [9.17, 15) is 9.90 Å². The summed E-state index contributed by atoms with van der Waals surface area (Å²) in [6, 6.07) is 20.8. The van der Waals surface area contributed by atoms with Gasteiger partial charge in [0.15, 0.2) is 0 Å². The van der Waals surface area contributed by atoms with Gasteiger partial charge in [-0.05, 0) is 66.3 Å². The molecule has 0 unspecified atom stereocenters. The van der Waals surface area contributed by atoms with E-state index in [1.807, 2.05) is 48.7 Å². The number of phenols is 1. The second kappa shape index (κ2) is 9.31. The molecule has 4 N–H and O–H groups in total. The first kappa shape index (κ1) is 22.6. The molecular formula is C29H25N5O3. The van der Waals surface area contributed by atoms with Crippen molar-refractivity contribution in [3.63, 3.8) is 0 Å². The number of amides is 1. The van der Waals surface area contributed by atoms with Gasteiger partial charge in [-0.1, -0.05) is 24.3 Å². The van der Waals surface area contributed by atoms with Gasteiger partial charge >= 0.3 is 0 Å². The maximum atomic E-state index is 12.9. The van der Waals surface area contributed by atoms with Crippen LogP contribution in [0.25, 0.3) is 38.9 Å². The molecule has 0 bridgehead atoms. The fourth-order valence-corrected chi connectivity index (χ4v) is 4.68. The standard InChI is InChI=1S/C29H25N5O3/c1-37-29-21(6-4-12-30-29)17-9-11-26(35)22(14-17)27-33-24-10-8-19(15-25(24)34-27)28(36)31-16-20-13-18-5-2-3-7-23(18)32-20/h2-3,5,7-15,32,35H,4,6,16H2,1H3,(H,31,36)(H,33,34). The highest BCUT2D eigenvalue weighted by atomic mass is 16.5. The molecule has 5 aromatic rings. The summed E-state index contributed by atoms with van der Waals surface area (Å²) in [6.07, 6.45) is 3.47. The zero-order valence-electron chi connectivity index (χ0n) is 20.2. The van der Waals surface area contributed by atoms with Gasteiger partial charge in [0.05, 0.1) is 30.3 Å². The minimum absolute atomic E-state index is 0.109. The summed E-state index contributed by atoms with van der Waals surface area (Å²) >= 11 is 0. The fourth-order valence-electron chi connectivity index (χ4n) is 4.68. The lowest BCUT2D eigenvalue weighted by Crippen LogP contribution is -2.22. The van der Waals surface area contributed by atoms with Crippen LogP contribution in [0.3, 0.4) is 0 Å². The van der Waals surface area contributed by atoms with Crippen LogP contribution < -0.4 is 5.32 Å². The Labute approximate surface area is 212 Å². The van der Waals surface area contributed by atoms with E-state index in [-0.39, 0.29) is 11.7 Å². The minimum Gasteiger partial charge on any atom is -0.507 e. The first-order valence-corrected chi connectivity index (χ1v) is 12.1. The molecule has 0 radical (unpaired) electrons. The lowest BCUT2D eigenvalue weighted by molar-refractivity contribution is 0.0950. The third kappa shape index (κ3) is 4.33. The molecule has 0 saturated carbocycles. The van der Waals surface area contributed by atoms with Gasteiger partial charge in [0.1, 0.15) is 11.6 Å². The van der Waals surface area contributed by atoms with Crippen LogP contribution in [-0.2, 0) is 11.3 Å². The van der Waals surface area contributed by atoms with Gasteiger partial charge < -0.3 is 25.1 Å². The highest BCUT2D eigenvalue weighted by molar-refractivity contribution is 5.98. The number of aliphatic imine (C=N–C) groups is 1. The van der Waals surface area contributed by atoms with Crippen molar-refractivity contribution in [2.75, 3.05) is 7.11 Å². The summed E-state index contributed by atoms with van der Waals surface area (Å²) in [5.41, 5.74) is 6.36. The molecule has 3 heterocycles. The van der Waals surface area contributed by atoms with Crippen molar-refractivity contribution in [1.82, 2.24) is 20.3 Å². The minimum atomic E-state index is -0.182. The van der Waals surface area contributed by atoms with E-state index in [0.717, 1.165) is 40.6 Å². The number of H-pyrrole nitrogens is 2. The summed E-state index contributed by atoms with van der Waals surface area (Å²) in [5.74, 6) is 1.02. The number of carbonyl (C=O) groups is 1. The third-order valence-corrected chi connectivity index (χ3v) is 6.55. The quantitative estimate of drug-likeness (QED) is 0.250. The number of aromatic hydroxyl groups is 1. The van der Waals surface area contributed by atoms with Crippen molar-refractivity contribution < 1.29 is 14.6 Å². The number of ether oxygens (including phenoxy) is 1. The number of allylic oxidation sites excluding steroid dienone is 1. The number of nitrogens with zero attached hydrogens (tertiary/aromatic N) is 2. The number of hydrogen-bond donors (Lipinski definition) is 4. The Morgan fingerprint density at radius 2 is 1.95 bits per heavy atom. The number of aromatic amines is 2. The predicted molar refractivity (Wildman–Crippen MR) is 144 cm³/mol. The van der Waals surface area contributed by atoms with E-state index in [1.54, 1.807) is 31.4 Å². The van der Waals surface area contributed by atoms with Gasteiger partial charge in [-0.15, -0.1) is 0 Å². The summed E-state index contributed by atoms with van der Waals surface area (Å²) in [4.78, 5) is 28.4.